The van der Waals surface area contributed by atoms with Crippen molar-refractivity contribution in [2.75, 3.05) is 26.2 Å². The predicted molar refractivity (Wildman–Crippen MR) is 175 cm³/mol. The lowest BCUT2D eigenvalue weighted by molar-refractivity contribution is -0.151. The molecule has 9 nitrogen and oxygen atoms in total. The molecule has 0 bridgehead atoms. The maximum Gasteiger partial charge on any atom is 0.410 e. The second-order valence-electron chi connectivity index (χ2n) is 13.7. The molecule has 1 aromatic heterocycles. The van der Waals surface area contributed by atoms with Gasteiger partial charge in [0.1, 0.15) is 11.7 Å². The van der Waals surface area contributed by atoms with Crippen LogP contribution in [0.25, 0.3) is 0 Å². The van der Waals surface area contributed by atoms with Crippen molar-refractivity contribution in [2.24, 2.45) is 5.92 Å². The number of piperidine rings is 2. The normalized spacial score (nSPS) is 31.8. The maximum atomic E-state index is 13.6. The van der Waals surface area contributed by atoms with E-state index in [1.165, 1.54) is 0 Å². The summed E-state index contributed by atoms with van der Waals surface area (Å²) in [6, 6.07) is 4.04. The highest BCUT2D eigenvalue weighted by molar-refractivity contribution is 5.70. The molecule has 2 fully saturated rings. The molecular weight excluding hydrogens is 608 g/mol. The minimum Gasteiger partial charge on any atom is -0.457 e. The van der Waals surface area contributed by atoms with Crippen LogP contribution in [0.1, 0.15) is 84.1 Å². The van der Waals surface area contributed by atoms with Crippen LogP contribution in [0.5, 0.6) is 0 Å². The molecule has 4 heterocycles. The van der Waals surface area contributed by atoms with E-state index < -0.39 is 41.9 Å². The van der Waals surface area contributed by atoms with Gasteiger partial charge in [0.15, 0.2) is 6.10 Å². The third-order valence-electron chi connectivity index (χ3n) is 9.74. The molecule has 3 aliphatic rings. The lowest BCUT2D eigenvalue weighted by atomic mass is 9.88. The van der Waals surface area contributed by atoms with E-state index in [0.717, 1.165) is 11.1 Å². The number of cyclic esters (lactones) is 1. The average molecular weight is 660 g/mol. The highest BCUT2D eigenvalue weighted by Crippen LogP contribution is 2.31. The molecule has 2 N–H and O–H groups in total. The number of aliphatic hydroxyl groups is 2. The van der Waals surface area contributed by atoms with Crippen LogP contribution < -0.4 is 0 Å². The Kier molecular flexibility index (Phi) is 12.7. The molecule has 3 aliphatic heterocycles. The summed E-state index contributed by atoms with van der Waals surface area (Å²) in [5.41, 5.74) is 0.347. The molecule has 47 heavy (non-hydrogen) atoms. The number of likely N-dealkylation sites (tertiary alicyclic amines) is 2. The van der Waals surface area contributed by atoms with Gasteiger partial charge in [-0.05, 0) is 62.8 Å². The first kappa shape index (κ1) is 36.7. The van der Waals surface area contributed by atoms with Gasteiger partial charge in [0.05, 0.1) is 12.5 Å². The van der Waals surface area contributed by atoms with Crippen LogP contribution in [0.4, 0.5) is 13.6 Å². The van der Waals surface area contributed by atoms with E-state index in [4.69, 9.17) is 9.47 Å². The number of amides is 1. The van der Waals surface area contributed by atoms with Crippen molar-refractivity contribution in [2.45, 2.75) is 114 Å². The zero-order chi connectivity index (χ0) is 34.2. The number of pyridine rings is 1. The largest absolute Gasteiger partial charge is 0.457 e. The second-order valence-corrected chi connectivity index (χ2v) is 13.7. The van der Waals surface area contributed by atoms with Gasteiger partial charge in [0.25, 0.3) is 5.92 Å². The van der Waals surface area contributed by atoms with E-state index in [1.54, 1.807) is 30.2 Å². The van der Waals surface area contributed by atoms with E-state index in [9.17, 15) is 28.6 Å². The highest BCUT2D eigenvalue weighted by atomic mass is 19.3. The fraction of sp³-hybridized carbons (Fsp3) is 0.639. The summed E-state index contributed by atoms with van der Waals surface area (Å²) in [5, 5.41) is 22.1. The summed E-state index contributed by atoms with van der Waals surface area (Å²) in [5.74, 6) is -3.35. The smallest absolute Gasteiger partial charge is 0.410 e. The van der Waals surface area contributed by atoms with Gasteiger partial charge in [-0.2, -0.15) is 0 Å². The Morgan fingerprint density at radius 1 is 1.15 bits per heavy atom. The van der Waals surface area contributed by atoms with Gasteiger partial charge >= 0.3 is 12.1 Å². The molecule has 1 aromatic rings. The molecule has 0 saturated carbocycles. The third-order valence-corrected chi connectivity index (χ3v) is 9.74. The first-order valence-electron chi connectivity index (χ1n) is 16.8. The molecule has 0 spiro atoms. The minimum absolute atomic E-state index is 0.0854. The van der Waals surface area contributed by atoms with E-state index >= 15 is 0 Å². The van der Waals surface area contributed by atoms with Crippen molar-refractivity contribution in [1.82, 2.24) is 14.8 Å². The highest BCUT2D eigenvalue weighted by Gasteiger charge is 2.39. The van der Waals surface area contributed by atoms with Gasteiger partial charge in [-0.15, -0.1) is 0 Å². The summed E-state index contributed by atoms with van der Waals surface area (Å²) in [6.07, 6.45) is 10.6. The molecule has 1 amide bonds. The number of aromatic nitrogens is 1. The van der Waals surface area contributed by atoms with Crippen molar-refractivity contribution in [1.29, 1.82) is 0 Å². The molecule has 0 aliphatic carbocycles. The average Bonchev–Trinajstić information content (AvgIpc) is 3.04. The van der Waals surface area contributed by atoms with Crippen molar-refractivity contribution < 1.29 is 38.1 Å². The fourth-order valence-corrected chi connectivity index (χ4v) is 6.49. The Labute approximate surface area is 277 Å². The zero-order valence-corrected chi connectivity index (χ0v) is 28.1. The van der Waals surface area contributed by atoms with Gasteiger partial charge in [0, 0.05) is 69.3 Å². The van der Waals surface area contributed by atoms with Crippen LogP contribution in [-0.2, 0) is 14.3 Å². The number of nitrogens with zero attached hydrogens (tertiary/aromatic N) is 3. The van der Waals surface area contributed by atoms with Crippen molar-refractivity contribution >= 4 is 12.1 Å². The topological polar surface area (TPSA) is 112 Å². The lowest BCUT2D eigenvalue weighted by Crippen LogP contribution is -2.51. The fourth-order valence-electron chi connectivity index (χ4n) is 6.49. The monoisotopic (exact) mass is 659 g/mol. The van der Waals surface area contributed by atoms with Crippen molar-refractivity contribution in [3.05, 3.63) is 66.0 Å². The molecule has 4 rings (SSSR count). The maximum absolute atomic E-state index is 13.6. The Hall–Kier alpha value is -3.15. The Bertz CT molecular complexity index is 1270. The van der Waals surface area contributed by atoms with Gasteiger partial charge < -0.3 is 24.6 Å². The van der Waals surface area contributed by atoms with Crippen molar-refractivity contribution in [3.8, 4) is 0 Å². The van der Waals surface area contributed by atoms with Gasteiger partial charge in [0.2, 0.25) is 0 Å². The van der Waals surface area contributed by atoms with Gasteiger partial charge in [-0.25, -0.2) is 13.6 Å². The van der Waals surface area contributed by atoms with E-state index in [0.29, 0.717) is 39.0 Å². The number of ether oxygens (including phenoxy) is 2. The van der Waals surface area contributed by atoms with Crippen LogP contribution in [0.15, 0.2) is 60.5 Å². The quantitative estimate of drug-likeness (QED) is 0.224. The van der Waals surface area contributed by atoms with Crippen LogP contribution in [0.3, 0.4) is 0 Å². The van der Waals surface area contributed by atoms with Crippen LogP contribution in [0.2, 0.25) is 0 Å². The number of carbonyl (C=O) groups excluding carboxylic acids is 2. The second kappa shape index (κ2) is 16.3. The number of esters is 1. The van der Waals surface area contributed by atoms with Crippen LogP contribution in [-0.4, -0.2) is 99.1 Å². The van der Waals surface area contributed by atoms with E-state index in [-0.39, 0.29) is 50.0 Å². The molecule has 0 aromatic carbocycles. The SMILES string of the molecule is C/C(=C\C=C\C(C)c1cccnc1)[C@H]1OC(=O)C[C@@H](O)CC[C@](C)(O)[C@@H](OC(=O)N2CCC(N3CCC(F)(F)CC3)CC2)/C=C/[C@@H]1C. The van der Waals surface area contributed by atoms with E-state index in [2.05, 4.69) is 16.8 Å². The summed E-state index contributed by atoms with van der Waals surface area (Å²) in [6.45, 7) is 8.94. The molecular formula is C36H51F2N3O6. The standard InChI is InChI=1S/C36H51F2N3O6/c1-25(28-9-6-18-39-24-28)7-5-8-26(2)33-27(3)10-11-31(35(4,45)15-12-30(42)23-32(43)47-33)46-34(44)41-19-13-29(14-20-41)40-21-16-36(37,38)17-22-40/h5-11,18,24-25,27,29-31,33,42,45H,12-17,19-23H2,1-4H3/b7-5+,11-10+,26-8+/t25?,27-,30-,31-,33+,35-/m0/s1. The summed E-state index contributed by atoms with van der Waals surface area (Å²) >= 11 is 0. The molecule has 0 radical (unpaired) electrons. The minimum atomic E-state index is -2.60. The van der Waals surface area contributed by atoms with Crippen LogP contribution in [0, 0.1) is 5.92 Å². The third kappa shape index (κ3) is 10.7. The van der Waals surface area contributed by atoms with Crippen LogP contribution >= 0.6 is 0 Å². The summed E-state index contributed by atoms with van der Waals surface area (Å²) in [7, 11) is 0. The number of hydrogen-bond donors (Lipinski definition) is 2. The number of halogens is 2. The number of allylic oxidation sites excluding steroid dienone is 3. The summed E-state index contributed by atoms with van der Waals surface area (Å²) < 4.78 is 39.0. The number of aliphatic hydroxyl groups excluding tert-OH is 1. The van der Waals surface area contributed by atoms with Crippen molar-refractivity contribution in [3.63, 3.8) is 0 Å². The molecule has 260 valence electrons. The Balaban J connectivity index is 1.44. The first-order valence-corrected chi connectivity index (χ1v) is 16.8. The zero-order valence-electron chi connectivity index (χ0n) is 28.1. The van der Waals surface area contributed by atoms with Gasteiger partial charge in [-0.1, -0.05) is 44.2 Å². The van der Waals surface area contributed by atoms with Gasteiger partial charge in [-0.3, -0.25) is 14.7 Å². The predicted octanol–water partition coefficient (Wildman–Crippen LogP) is 5.79. The Morgan fingerprint density at radius 2 is 1.85 bits per heavy atom. The number of alkyl halides is 2. The molecule has 1 unspecified atom stereocenters. The Morgan fingerprint density at radius 3 is 2.51 bits per heavy atom. The number of carbonyl (C=O) groups is 2. The first-order chi connectivity index (χ1) is 22.2. The number of rotatable bonds is 6. The van der Waals surface area contributed by atoms with E-state index in [1.807, 2.05) is 50.4 Å². The lowest BCUT2D eigenvalue weighted by Gasteiger charge is -2.42. The number of hydrogen-bond acceptors (Lipinski definition) is 8. The summed E-state index contributed by atoms with van der Waals surface area (Å²) in [4.78, 5) is 34.0. The molecule has 6 atom stereocenters. The molecule has 2 saturated heterocycles. The molecule has 11 heteroatoms.